The fraction of sp³-hybridized carbons (Fsp3) is 0.364. The third-order valence-corrected chi connectivity index (χ3v) is 2.49. The Kier molecular flexibility index (Phi) is 4.48. The number of nitrogens with zero attached hydrogens (tertiary/aromatic N) is 1. The van der Waals surface area contributed by atoms with Crippen molar-refractivity contribution in [2.24, 2.45) is 0 Å². The van der Waals surface area contributed by atoms with Gasteiger partial charge in [-0.1, -0.05) is 22.9 Å². The Morgan fingerprint density at radius 2 is 2.29 bits per heavy atom. The summed E-state index contributed by atoms with van der Waals surface area (Å²) in [5, 5.41) is 11.7. The molecule has 1 aromatic rings. The second-order valence-corrected chi connectivity index (χ2v) is 3.91. The van der Waals surface area contributed by atoms with Crippen molar-refractivity contribution in [2.75, 3.05) is 11.9 Å². The van der Waals surface area contributed by atoms with Crippen LogP contribution in [0.1, 0.15) is 18.9 Å². The summed E-state index contributed by atoms with van der Waals surface area (Å²) in [7, 11) is 0. The molecule has 0 saturated carbocycles. The smallest absolute Gasteiger partial charge is 0.0640 e. The van der Waals surface area contributed by atoms with Crippen molar-refractivity contribution >= 4 is 21.6 Å². The van der Waals surface area contributed by atoms with E-state index in [1.54, 1.807) is 0 Å². The number of benzene rings is 1. The molecule has 0 aliphatic rings. The van der Waals surface area contributed by atoms with Gasteiger partial charge in [0.1, 0.15) is 0 Å². The highest BCUT2D eigenvalue weighted by Gasteiger charge is 2.00. The number of hydrogen-bond acceptors (Lipinski definition) is 2. The minimum absolute atomic E-state index is 0.541. The van der Waals surface area contributed by atoms with Gasteiger partial charge >= 0.3 is 0 Å². The van der Waals surface area contributed by atoms with Crippen LogP contribution in [0.4, 0.5) is 5.69 Å². The van der Waals surface area contributed by atoms with Gasteiger partial charge in [0, 0.05) is 16.7 Å². The van der Waals surface area contributed by atoms with E-state index in [1.165, 1.54) is 5.56 Å². The lowest BCUT2D eigenvalue weighted by molar-refractivity contribution is 1.05. The van der Waals surface area contributed by atoms with Crippen molar-refractivity contribution in [3.63, 3.8) is 0 Å². The van der Waals surface area contributed by atoms with Crippen molar-refractivity contribution in [1.29, 1.82) is 5.26 Å². The monoisotopic (exact) mass is 252 g/mol. The molecule has 74 valence electrons. The summed E-state index contributed by atoms with van der Waals surface area (Å²) in [6.07, 6.45) is 1.54. The highest BCUT2D eigenvalue weighted by molar-refractivity contribution is 9.10. The van der Waals surface area contributed by atoms with E-state index in [-0.39, 0.29) is 0 Å². The van der Waals surface area contributed by atoms with Crippen LogP contribution in [0.25, 0.3) is 0 Å². The van der Waals surface area contributed by atoms with Crippen molar-refractivity contribution < 1.29 is 0 Å². The number of nitriles is 1. The van der Waals surface area contributed by atoms with Gasteiger partial charge in [0.05, 0.1) is 12.5 Å². The molecule has 1 N–H and O–H groups in total. The van der Waals surface area contributed by atoms with E-state index in [0.29, 0.717) is 13.0 Å². The first kappa shape index (κ1) is 11.1. The maximum Gasteiger partial charge on any atom is 0.0640 e. The van der Waals surface area contributed by atoms with E-state index in [4.69, 9.17) is 5.26 Å². The molecule has 0 aliphatic carbocycles. The maximum atomic E-state index is 8.42. The van der Waals surface area contributed by atoms with Crippen LogP contribution < -0.4 is 5.32 Å². The molecule has 2 nitrogen and oxygen atoms in total. The average Bonchev–Trinajstić information content (AvgIpc) is 2.20. The quantitative estimate of drug-likeness (QED) is 0.835. The number of halogens is 1. The van der Waals surface area contributed by atoms with Gasteiger partial charge < -0.3 is 5.32 Å². The zero-order valence-electron chi connectivity index (χ0n) is 8.18. The standard InChI is InChI=1S/C11H13BrN2/c1-2-9-8-10(12)4-5-11(9)14-7-3-6-13/h4-5,8,14H,2-3,7H2,1H3. The van der Waals surface area contributed by atoms with E-state index in [1.807, 2.05) is 12.1 Å². The molecule has 0 aliphatic heterocycles. The highest BCUT2D eigenvalue weighted by atomic mass is 79.9. The lowest BCUT2D eigenvalue weighted by atomic mass is 10.1. The largest absolute Gasteiger partial charge is 0.384 e. The molecule has 0 aromatic heterocycles. The van der Waals surface area contributed by atoms with Gasteiger partial charge in [0.15, 0.2) is 0 Å². The van der Waals surface area contributed by atoms with Crippen LogP contribution in [-0.4, -0.2) is 6.54 Å². The van der Waals surface area contributed by atoms with E-state index in [2.05, 4.69) is 40.3 Å². The Morgan fingerprint density at radius 3 is 2.93 bits per heavy atom. The van der Waals surface area contributed by atoms with Crippen LogP contribution >= 0.6 is 15.9 Å². The molecular formula is C11H13BrN2. The molecule has 0 bridgehead atoms. The van der Waals surface area contributed by atoms with E-state index in [9.17, 15) is 0 Å². The zero-order chi connectivity index (χ0) is 10.4. The maximum absolute atomic E-state index is 8.42. The van der Waals surface area contributed by atoms with Gasteiger partial charge in [-0.3, -0.25) is 0 Å². The summed E-state index contributed by atoms with van der Waals surface area (Å²) in [5.41, 5.74) is 2.41. The molecule has 1 aromatic carbocycles. The van der Waals surface area contributed by atoms with Crippen molar-refractivity contribution in [3.8, 4) is 6.07 Å². The average molecular weight is 253 g/mol. The second kappa shape index (κ2) is 5.66. The molecule has 3 heteroatoms. The Bertz CT molecular complexity index is 342. The Labute approximate surface area is 93.1 Å². The number of nitrogens with one attached hydrogen (secondary N) is 1. The van der Waals surface area contributed by atoms with Crippen molar-refractivity contribution in [3.05, 3.63) is 28.2 Å². The fourth-order valence-corrected chi connectivity index (χ4v) is 1.69. The zero-order valence-corrected chi connectivity index (χ0v) is 9.76. The molecule has 0 heterocycles. The van der Waals surface area contributed by atoms with E-state index < -0.39 is 0 Å². The van der Waals surface area contributed by atoms with Crippen LogP contribution in [0, 0.1) is 11.3 Å². The molecule has 0 unspecified atom stereocenters. The SMILES string of the molecule is CCc1cc(Br)ccc1NCCC#N. The lowest BCUT2D eigenvalue weighted by Crippen LogP contribution is -2.02. The summed E-state index contributed by atoms with van der Waals surface area (Å²) in [6, 6.07) is 8.27. The second-order valence-electron chi connectivity index (χ2n) is 2.99. The van der Waals surface area contributed by atoms with E-state index >= 15 is 0 Å². The Morgan fingerprint density at radius 1 is 1.50 bits per heavy atom. The minimum atomic E-state index is 0.541. The number of hydrogen-bond donors (Lipinski definition) is 1. The number of aryl methyl sites for hydroxylation is 1. The number of anilines is 1. The molecular weight excluding hydrogens is 240 g/mol. The van der Waals surface area contributed by atoms with Crippen LogP contribution in [0.15, 0.2) is 22.7 Å². The van der Waals surface area contributed by atoms with Gasteiger partial charge in [0.2, 0.25) is 0 Å². The normalized spacial score (nSPS) is 9.50. The summed E-state index contributed by atoms with van der Waals surface area (Å²) >= 11 is 3.44. The topological polar surface area (TPSA) is 35.8 Å². The predicted molar refractivity (Wildman–Crippen MR) is 62.2 cm³/mol. The highest BCUT2D eigenvalue weighted by Crippen LogP contribution is 2.21. The van der Waals surface area contributed by atoms with Gasteiger partial charge in [-0.15, -0.1) is 0 Å². The third kappa shape index (κ3) is 3.04. The van der Waals surface area contributed by atoms with Gasteiger partial charge in [0.25, 0.3) is 0 Å². The molecule has 0 spiro atoms. The Balaban J connectivity index is 2.71. The molecule has 0 saturated heterocycles. The summed E-state index contributed by atoms with van der Waals surface area (Å²) in [4.78, 5) is 0. The van der Waals surface area contributed by atoms with Crippen molar-refractivity contribution in [1.82, 2.24) is 0 Å². The van der Waals surface area contributed by atoms with Crippen molar-refractivity contribution in [2.45, 2.75) is 19.8 Å². The summed E-state index contributed by atoms with van der Waals surface area (Å²) in [5.74, 6) is 0. The molecule has 14 heavy (non-hydrogen) atoms. The number of rotatable bonds is 4. The first-order chi connectivity index (χ1) is 6.77. The lowest BCUT2D eigenvalue weighted by Gasteiger charge is -2.09. The van der Waals surface area contributed by atoms with E-state index in [0.717, 1.165) is 16.6 Å². The van der Waals surface area contributed by atoms with Crippen LogP contribution in [0.2, 0.25) is 0 Å². The van der Waals surface area contributed by atoms with Crippen LogP contribution in [0.5, 0.6) is 0 Å². The molecule has 0 fully saturated rings. The van der Waals surface area contributed by atoms with Crippen LogP contribution in [-0.2, 0) is 6.42 Å². The fourth-order valence-electron chi connectivity index (χ4n) is 1.28. The minimum Gasteiger partial charge on any atom is -0.384 e. The Hall–Kier alpha value is -1.01. The van der Waals surface area contributed by atoms with Gasteiger partial charge in [-0.25, -0.2) is 0 Å². The first-order valence-corrected chi connectivity index (χ1v) is 5.46. The summed E-state index contributed by atoms with van der Waals surface area (Å²) in [6.45, 7) is 2.84. The van der Waals surface area contributed by atoms with Gasteiger partial charge in [-0.2, -0.15) is 5.26 Å². The van der Waals surface area contributed by atoms with Gasteiger partial charge in [-0.05, 0) is 30.2 Å². The van der Waals surface area contributed by atoms with Crippen LogP contribution in [0.3, 0.4) is 0 Å². The third-order valence-electron chi connectivity index (χ3n) is 2.00. The first-order valence-electron chi connectivity index (χ1n) is 4.67. The molecule has 0 radical (unpaired) electrons. The molecule has 1 rings (SSSR count). The summed E-state index contributed by atoms with van der Waals surface area (Å²) < 4.78 is 1.10. The molecule has 0 atom stereocenters. The predicted octanol–water partition coefficient (Wildman–Crippen LogP) is 3.34. The molecule has 0 amide bonds.